The van der Waals surface area contributed by atoms with Crippen LogP contribution in [0.1, 0.15) is 19.8 Å². The lowest BCUT2D eigenvalue weighted by Gasteiger charge is -1.99. The summed E-state index contributed by atoms with van der Waals surface area (Å²) >= 11 is 0. The van der Waals surface area contributed by atoms with Gasteiger partial charge in [-0.25, -0.2) is 0 Å². The molecule has 0 aromatic rings. The van der Waals surface area contributed by atoms with Gasteiger partial charge in [0.15, 0.2) is 0 Å². The molecule has 0 radical (unpaired) electrons. The number of nitriles is 1. The Bertz CT molecular complexity index is 156. The quantitative estimate of drug-likeness (QED) is 0.574. The molecule has 0 aliphatic carbocycles. The maximum atomic E-state index is 10.1. The molecule has 1 fully saturated rings. The minimum atomic E-state index is -0.720. The van der Waals surface area contributed by atoms with Gasteiger partial charge in [-0.2, -0.15) is 5.26 Å². The average molecular weight is 156 g/mol. The Morgan fingerprint density at radius 1 is 1.82 bits per heavy atom. The monoisotopic (exact) mass is 156 g/mol. The van der Waals surface area contributed by atoms with Crippen LogP contribution in [0, 0.1) is 11.3 Å². The molecular formula is C7H12N2O2. The van der Waals surface area contributed by atoms with Crippen LogP contribution in [-0.2, 0) is 4.79 Å². The van der Waals surface area contributed by atoms with E-state index < -0.39 is 5.97 Å². The van der Waals surface area contributed by atoms with E-state index in [-0.39, 0.29) is 6.04 Å². The number of rotatable bonds is 1. The van der Waals surface area contributed by atoms with Gasteiger partial charge in [0.1, 0.15) is 6.04 Å². The Hall–Kier alpha value is -1.08. The summed E-state index contributed by atoms with van der Waals surface area (Å²) in [7, 11) is 0. The second-order valence-corrected chi connectivity index (χ2v) is 2.21. The molecule has 1 heterocycles. The van der Waals surface area contributed by atoms with Crippen LogP contribution in [0.5, 0.6) is 0 Å². The summed E-state index contributed by atoms with van der Waals surface area (Å²) in [6.07, 6.45) is 1.78. The smallest absolute Gasteiger partial charge is 0.320 e. The Morgan fingerprint density at radius 2 is 2.36 bits per heavy atom. The van der Waals surface area contributed by atoms with Gasteiger partial charge in [0.05, 0.1) is 6.07 Å². The zero-order valence-corrected chi connectivity index (χ0v) is 6.50. The van der Waals surface area contributed by atoms with Crippen molar-refractivity contribution in [2.24, 2.45) is 0 Å². The number of hydrogen-bond acceptors (Lipinski definition) is 3. The van der Waals surface area contributed by atoms with Crippen molar-refractivity contribution in [2.75, 3.05) is 6.54 Å². The van der Waals surface area contributed by atoms with Gasteiger partial charge in [-0.1, -0.05) is 0 Å². The summed E-state index contributed by atoms with van der Waals surface area (Å²) in [5, 5.41) is 18.5. The molecule has 1 saturated heterocycles. The van der Waals surface area contributed by atoms with Gasteiger partial charge in [-0.15, -0.1) is 0 Å². The number of carbonyl (C=O) groups is 1. The van der Waals surface area contributed by atoms with Crippen molar-refractivity contribution in [3.8, 4) is 6.07 Å². The van der Waals surface area contributed by atoms with Crippen LogP contribution in [0.25, 0.3) is 0 Å². The number of hydrogen-bond donors (Lipinski definition) is 2. The molecule has 1 atom stereocenters. The van der Waals surface area contributed by atoms with E-state index in [1.54, 1.807) is 6.07 Å². The van der Waals surface area contributed by atoms with Gasteiger partial charge in [0, 0.05) is 6.92 Å². The maximum Gasteiger partial charge on any atom is 0.320 e. The van der Waals surface area contributed by atoms with Crippen molar-refractivity contribution >= 4 is 5.97 Å². The largest absolute Gasteiger partial charge is 0.480 e. The summed E-state index contributed by atoms with van der Waals surface area (Å²) in [6.45, 7) is 2.29. The highest BCUT2D eigenvalue weighted by Crippen LogP contribution is 2.03. The molecule has 4 nitrogen and oxygen atoms in total. The lowest BCUT2D eigenvalue weighted by atomic mass is 10.2. The molecule has 0 spiro atoms. The van der Waals surface area contributed by atoms with Crippen LogP contribution < -0.4 is 5.32 Å². The first-order valence-corrected chi connectivity index (χ1v) is 3.49. The Labute approximate surface area is 65.8 Å². The maximum absolute atomic E-state index is 10.1. The zero-order valence-electron chi connectivity index (χ0n) is 6.50. The minimum absolute atomic E-state index is 0.269. The first kappa shape index (κ1) is 9.92. The number of carboxylic acid groups (broad SMARTS) is 1. The lowest BCUT2D eigenvalue weighted by Crippen LogP contribution is -2.29. The molecule has 11 heavy (non-hydrogen) atoms. The summed E-state index contributed by atoms with van der Waals surface area (Å²) in [6, 6.07) is 1.48. The highest BCUT2D eigenvalue weighted by molar-refractivity contribution is 5.73. The third-order valence-electron chi connectivity index (χ3n) is 1.36. The molecule has 4 heteroatoms. The van der Waals surface area contributed by atoms with E-state index in [0.717, 1.165) is 19.4 Å². The topological polar surface area (TPSA) is 73.1 Å². The van der Waals surface area contributed by atoms with E-state index in [2.05, 4.69) is 5.32 Å². The molecule has 62 valence electrons. The highest BCUT2D eigenvalue weighted by Gasteiger charge is 2.20. The van der Waals surface area contributed by atoms with E-state index in [4.69, 9.17) is 10.4 Å². The van der Waals surface area contributed by atoms with E-state index in [1.807, 2.05) is 0 Å². The Morgan fingerprint density at radius 3 is 2.55 bits per heavy atom. The van der Waals surface area contributed by atoms with Crippen molar-refractivity contribution in [1.29, 1.82) is 5.26 Å². The molecule has 0 unspecified atom stereocenters. The van der Waals surface area contributed by atoms with Crippen LogP contribution in [0.4, 0.5) is 0 Å². The summed E-state index contributed by atoms with van der Waals surface area (Å²) in [5.41, 5.74) is 0. The van der Waals surface area contributed by atoms with E-state index in [1.165, 1.54) is 6.92 Å². The van der Waals surface area contributed by atoms with Crippen molar-refractivity contribution in [1.82, 2.24) is 5.32 Å². The van der Waals surface area contributed by atoms with E-state index >= 15 is 0 Å². The number of aliphatic carboxylic acids is 1. The van der Waals surface area contributed by atoms with Gasteiger partial charge >= 0.3 is 5.97 Å². The molecule has 2 N–H and O–H groups in total. The third-order valence-corrected chi connectivity index (χ3v) is 1.36. The molecular weight excluding hydrogens is 144 g/mol. The van der Waals surface area contributed by atoms with Crippen molar-refractivity contribution < 1.29 is 9.90 Å². The van der Waals surface area contributed by atoms with Crippen LogP contribution in [0.3, 0.4) is 0 Å². The highest BCUT2D eigenvalue weighted by atomic mass is 16.4. The summed E-state index contributed by atoms with van der Waals surface area (Å²) in [4.78, 5) is 10.1. The van der Waals surface area contributed by atoms with E-state index in [0.29, 0.717) is 0 Å². The first-order chi connectivity index (χ1) is 5.22. The fourth-order valence-corrected chi connectivity index (χ4v) is 0.895. The van der Waals surface area contributed by atoms with Crippen molar-refractivity contribution in [3.05, 3.63) is 0 Å². The van der Waals surface area contributed by atoms with Crippen LogP contribution in [-0.4, -0.2) is 23.7 Å². The molecule has 0 amide bonds. The molecule has 0 bridgehead atoms. The molecule has 0 aromatic carbocycles. The standard InChI is InChI=1S/C5H9NO2.C2H3N/c7-5(8)4-2-1-3-6-4;1-2-3/h4,6H,1-3H2,(H,7,8);1H3/t4-;/m0./s1. The molecule has 1 aliphatic heterocycles. The van der Waals surface area contributed by atoms with Crippen LogP contribution >= 0.6 is 0 Å². The second-order valence-electron chi connectivity index (χ2n) is 2.21. The van der Waals surface area contributed by atoms with Crippen LogP contribution in [0.15, 0.2) is 0 Å². The number of nitrogens with one attached hydrogen (secondary N) is 1. The van der Waals surface area contributed by atoms with Crippen molar-refractivity contribution in [3.63, 3.8) is 0 Å². The molecule has 1 aliphatic rings. The lowest BCUT2D eigenvalue weighted by molar-refractivity contribution is -0.139. The van der Waals surface area contributed by atoms with E-state index in [9.17, 15) is 4.79 Å². The third kappa shape index (κ3) is 4.34. The molecule has 0 aromatic heterocycles. The van der Waals surface area contributed by atoms with Gasteiger partial charge in [0.2, 0.25) is 0 Å². The van der Waals surface area contributed by atoms with Gasteiger partial charge < -0.3 is 10.4 Å². The summed E-state index contributed by atoms with van der Waals surface area (Å²) in [5.74, 6) is -0.720. The zero-order chi connectivity index (χ0) is 8.69. The predicted octanol–water partition coefficient (Wildman–Crippen LogP) is 0.353. The number of nitrogens with zero attached hydrogens (tertiary/aromatic N) is 1. The normalized spacial score (nSPS) is 21.3. The Balaban J connectivity index is 0.000000292. The SMILES string of the molecule is CC#N.O=C(O)[C@@H]1CCCN1. The fourth-order valence-electron chi connectivity index (χ4n) is 0.895. The van der Waals surface area contributed by atoms with Gasteiger partial charge in [0.25, 0.3) is 0 Å². The molecule has 0 saturated carbocycles. The predicted molar refractivity (Wildman–Crippen MR) is 39.9 cm³/mol. The van der Waals surface area contributed by atoms with Crippen LogP contribution in [0.2, 0.25) is 0 Å². The first-order valence-electron chi connectivity index (χ1n) is 3.49. The molecule has 1 rings (SSSR count). The average Bonchev–Trinajstić information content (AvgIpc) is 2.38. The minimum Gasteiger partial charge on any atom is -0.480 e. The fraction of sp³-hybridized carbons (Fsp3) is 0.714. The Kier molecular flexibility index (Phi) is 5.13. The second kappa shape index (κ2) is 5.69. The van der Waals surface area contributed by atoms with Gasteiger partial charge in [-0.3, -0.25) is 4.79 Å². The summed E-state index contributed by atoms with van der Waals surface area (Å²) < 4.78 is 0. The van der Waals surface area contributed by atoms with Crippen molar-refractivity contribution in [2.45, 2.75) is 25.8 Å². The number of carboxylic acids is 1. The van der Waals surface area contributed by atoms with Gasteiger partial charge in [-0.05, 0) is 19.4 Å².